The summed E-state index contributed by atoms with van der Waals surface area (Å²) in [5.74, 6) is -1.42. The van der Waals surface area contributed by atoms with Crippen molar-refractivity contribution in [3.63, 3.8) is 0 Å². The summed E-state index contributed by atoms with van der Waals surface area (Å²) >= 11 is 6.21. The number of amides is 2. The monoisotopic (exact) mass is 492 g/mol. The van der Waals surface area contributed by atoms with Crippen LogP contribution < -0.4 is 16.4 Å². The van der Waals surface area contributed by atoms with Gasteiger partial charge in [-0.3, -0.25) is 14.6 Å². The number of carbonyl (C=O) groups excluding carboxylic acids is 2. The van der Waals surface area contributed by atoms with E-state index in [1.807, 2.05) is 6.07 Å². The van der Waals surface area contributed by atoms with Crippen LogP contribution in [0, 0.1) is 5.82 Å². The number of para-hydroxylation sites is 1. The number of pyridine rings is 1. The highest BCUT2D eigenvalue weighted by atomic mass is 35.5. The number of hydrogen-bond acceptors (Lipinski definition) is 5. The lowest BCUT2D eigenvalue weighted by molar-refractivity contribution is 0.0945. The quantitative estimate of drug-likeness (QED) is 0.360. The minimum atomic E-state index is -0.605. The highest BCUT2D eigenvalue weighted by Gasteiger charge is 2.21. The Morgan fingerprint density at radius 3 is 2.51 bits per heavy atom. The van der Waals surface area contributed by atoms with Crippen LogP contribution in [0.25, 0.3) is 16.9 Å². The molecule has 2 aromatic carbocycles. The third-order valence-corrected chi connectivity index (χ3v) is 5.32. The summed E-state index contributed by atoms with van der Waals surface area (Å²) in [6.07, 6.45) is 1.53. The van der Waals surface area contributed by atoms with Gasteiger partial charge in [0.2, 0.25) is 0 Å². The minimum Gasteiger partial charge on any atom is -0.349 e. The van der Waals surface area contributed by atoms with Crippen molar-refractivity contribution >= 4 is 29.2 Å². The molecule has 2 amide bonds. The summed E-state index contributed by atoms with van der Waals surface area (Å²) < 4.78 is 16.0. The second-order valence-corrected chi connectivity index (χ2v) is 8.24. The second kappa shape index (κ2) is 10.5. The van der Waals surface area contributed by atoms with E-state index in [0.717, 1.165) is 6.07 Å². The number of rotatable bonds is 7. The molecule has 0 aliphatic heterocycles. The van der Waals surface area contributed by atoms with Crippen LogP contribution in [-0.4, -0.2) is 39.2 Å². The zero-order chi connectivity index (χ0) is 24.9. The zero-order valence-electron chi connectivity index (χ0n) is 18.7. The summed E-state index contributed by atoms with van der Waals surface area (Å²) in [6.45, 7) is 2.03. The van der Waals surface area contributed by atoms with Gasteiger partial charge in [0.15, 0.2) is 5.69 Å². The van der Waals surface area contributed by atoms with Gasteiger partial charge in [-0.25, -0.2) is 9.07 Å². The molecule has 0 saturated heterocycles. The van der Waals surface area contributed by atoms with Gasteiger partial charge in [-0.1, -0.05) is 35.9 Å². The van der Waals surface area contributed by atoms with Crippen molar-refractivity contribution in [2.45, 2.75) is 13.0 Å². The van der Waals surface area contributed by atoms with Gasteiger partial charge in [0, 0.05) is 30.4 Å². The van der Waals surface area contributed by atoms with Crippen molar-refractivity contribution in [1.29, 1.82) is 0 Å². The standard InChI is InChI=1S/C25H22ClFN6O2/c1-15(28)14-30-25(35)22-13-23(33(32-22)16-7-3-2-4-8-16)31-24(34)17-11-18(20(27)12-19(17)26)21-9-5-6-10-29-21/h2-13,15H,14,28H2,1H3,(H,30,35)(H,31,34)/t15-/m1/s1. The van der Waals surface area contributed by atoms with Crippen LogP contribution in [0.3, 0.4) is 0 Å². The number of halogens is 2. The van der Waals surface area contributed by atoms with E-state index in [4.69, 9.17) is 17.3 Å². The summed E-state index contributed by atoms with van der Waals surface area (Å²) in [7, 11) is 0. The molecule has 0 unspecified atom stereocenters. The van der Waals surface area contributed by atoms with E-state index in [0.29, 0.717) is 11.4 Å². The van der Waals surface area contributed by atoms with Crippen LogP contribution in [0.4, 0.5) is 10.2 Å². The third-order valence-electron chi connectivity index (χ3n) is 5.01. The molecule has 0 radical (unpaired) electrons. The molecular weight excluding hydrogens is 471 g/mol. The zero-order valence-corrected chi connectivity index (χ0v) is 19.5. The van der Waals surface area contributed by atoms with Crippen molar-refractivity contribution in [1.82, 2.24) is 20.1 Å². The normalized spacial score (nSPS) is 11.7. The molecule has 1 atom stereocenters. The summed E-state index contributed by atoms with van der Waals surface area (Å²) in [5.41, 5.74) is 6.95. The van der Waals surface area contributed by atoms with E-state index in [-0.39, 0.29) is 40.2 Å². The smallest absolute Gasteiger partial charge is 0.271 e. The average molecular weight is 493 g/mol. The Hall–Kier alpha value is -4.08. The molecule has 4 rings (SSSR count). The van der Waals surface area contributed by atoms with Crippen molar-refractivity contribution < 1.29 is 14.0 Å². The average Bonchev–Trinajstić information content (AvgIpc) is 3.27. The third kappa shape index (κ3) is 5.53. The van der Waals surface area contributed by atoms with Crippen LogP contribution in [0.1, 0.15) is 27.8 Å². The van der Waals surface area contributed by atoms with E-state index < -0.39 is 17.6 Å². The van der Waals surface area contributed by atoms with E-state index >= 15 is 0 Å². The van der Waals surface area contributed by atoms with Crippen molar-refractivity contribution in [3.05, 3.63) is 95.0 Å². The topological polar surface area (TPSA) is 115 Å². The Morgan fingerprint density at radius 2 is 1.83 bits per heavy atom. The van der Waals surface area contributed by atoms with Gasteiger partial charge < -0.3 is 16.4 Å². The molecule has 0 spiro atoms. The number of nitrogens with one attached hydrogen (secondary N) is 2. The lowest BCUT2D eigenvalue weighted by Crippen LogP contribution is -2.35. The number of benzene rings is 2. The van der Waals surface area contributed by atoms with Gasteiger partial charge in [-0.2, -0.15) is 5.10 Å². The van der Waals surface area contributed by atoms with Crippen molar-refractivity contribution in [2.24, 2.45) is 5.73 Å². The van der Waals surface area contributed by atoms with Gasteiger partial charge in [0.05, 0.1) is 22.0 Å². The Bertz CT molecular complexity index is 1360. The molecule has 4 aromatic rings. The lowest BCUT2D eigenvalue weighted by atomic mass is 10.1. The van der Waals surface area contributed by atoms with E-state index in [9.17, 15) is 14.0 Å². The SMILES string of the molecule is C[C@@H](N)CNC(=O)c1cc(NC(=O)c2cc(-c3ccccn3)c(F)cc2Cl)n(-c2ccccc2)n1. The summed E-state index contributed by atoms with van der Waals surface area (Å²) in [4.78, 5) is 29.9. The summed E-state index contributed by atoms with van der Waals surface area (Å²) in [6, 6.07) is 17.7. The fourth-order valence-electron chi connectivity index (χ4n) is 3.32. The molecule has 0 aliphatic carbocycles. The summed E-state index contributed by atoms with van der Waals surface area (Å²) in [5, 5.41) is 9.71. The number of nitrogens with zero attached hydrogens (tertiary/aromatic N) is 3. The maximum Gasteiger partial charge on any atom is 0.271 e. The molecule has 2 heterocycles. The number of nitrogens with two attached hydrogens (primary N) is 1. The molecule has 0 bridgehead atoms. The van der Waals surface area contributed by atoms with Crippen LogP contribution >= 0.6 is 11.6 Å². The van der Waals surface area contributed by atoms with E-state index in [1.54, 1.807) is 49.4 Å². The fraction of sp³-hybridized carbons (Fsp3) is 0.120. The predicted octanol–water partition coefficient (Wildman–Crippen LogP) is 4.06. The molecule has 0 fully saturated rings. The van der Waals surface area contributed by atoms with Gasteiger partial charge in [-0.05, 0) is 43.3 Å². The second-order valence-electron chi connectivity index (χ2n) is 7.83. The maximum absolute atomic E-state index is 14.6. The van der Waals surface area contributed by atoms with Crippen molar-refractivity contribution in [3.8, 4) is 16.9 Å². The molecular formula is C25H22ClFN6O2. The first kappa shape index (κ1) is 24.1. The number of hydrogen-bond donors (Lipinski definition) is 3. The van der Waals surface area contributed by atoms with Gasteiger partial charge >= 0.3 is 0 Å². The van der Waals surface area contributed by atoms with Crippen LogP contribution in [0.2, 0.25) is 5.02 Å². The molecule has 10 heteroatoms. The Balaban J connectivity index is 1.69. The fourth-order valence-corrected chi connectivity index (χ4v) is 3.55. The molecule has 2 aromatic heterocycles. The first-order chi connectivity index (χ1) is 16.8. The highest BCUT2D eigenvalue weighted by molar-refractivity contribution is 6.34. The van der Waals surface area contributed by atoms with Crippen LogP contribution in [-0.2, 0) is 0 Å². The molecule has 35 heavy (non-hydrogen) atoms. The van der Waals surface area contributed by atoms with E-state index in [1.165, 1.54) is 23.0 Å². The van der Waals surface area contributed by atoms with Crippen molar-refractivity contribution in [2.75, 3.05) is 11.9 Å². The Kier molecular flexibility index (Phi) is 7.19. The molecule has 178 valence electrons. The first-order valence-corrected chi connectivity index (χ1v) is 11.1. The van der Waals surface area contributed by atoms with Crippen LogP contribution in [0.15, 0.2) is 72.9 Å². The largest absolute Gasteiger partial charge is 0.349 e. The molecule has 8 nitrogen and oxygen atoms in total. The Labute approximate surface area is 205 Å². The number of aromatic nitrogens is 3. The Morgan fingerprint density at radius 1 is 1.09 bits per heavy atom. The van der Waals surface area contributed by atoms with Gasteiger partial charge in [-0.15, -0.1) is 0 Å². The van der Waals surface area contributed by atoms with Gasteiger partial charge in [0.1, 0.15) is 11.6 Å². The highest BCUT2D eigenvalue weighted by Crippen LogP contribution is 2.28. The number of carbonyl (C=O) groups is 2. The lowest BCUT2D eigenvalue weighted by Gasteiger charge is -2.11. The van der Waals surface area contributed by atoms with Gasteiger partial charge in [0.25, 0.3) is 11.8 Å². The van der Waals surface area contributed by atoms with E-state index in [2.05, 4.69) is 20.7 Å². The number of anilines is 1. The molecule has 4 N–H and O–H groups in total. The minimum absolute atomic E-state index is 0.0393. The first-order valence-electron chi connectivity index (χ1n) is 10.7. The predicted molar refractivity (Wildman–Crippen MR) is 132 cm³/mol. The molecule has 0 aliphatic rings. The van der Waals surface area contributed by atoms with Crippen LogP contribution in [0.5, 0.6) is 0 Å². The molecule has 0 saturated carbocycles. The maximum atomic E-state index is 14.6.